The van der Waals surface area contributed by atoms with Crippen molar-refractivity contribution in [1.82, 2.24) is 10.2 Å². The summed E-state index contributed by atoms with van der Waals surface area (Å²) >= 11 is 0. The first kappa shape index (κ1) is 19.2. The van der Waals surface area contributed by atoms with E-state index in [4.69, 9.17) is 0 Å². The van der Waals surface area contributed by atoms with Crippen molar-refractivity contribution in [3.8, 4) is 0 Å². The molecule has 144 valence electrons. The van der Waals surface area contributed by atoms with Gasteiger partial charge >= 0.3 is 6.18 Å². The van der Waals surface area contributed by atoms with Crippen LogP contribution in [-0.4, -0.2) is 36.5 Å². The van der Waals surface area contributed by atoms with Crippen LogP contribution >= 0.6 is 0 Å². The molecule has 3 rings (SSSR count). The number of carbonyl (C=O) groups is 1. The van der Waals surface area contributed by atoms with E-state index in [1.54, 1.807) is 6.07 Å². The van der Waals surface area contributed by atoms with E-state index in [2.05, 4.69) is 10.2 Å². The van der Waals surface area contributed by atoms with Gasteiger partial charge in [-0.25, -0.2) is 0 Å². The van der Waals surface area contributed by atoms with Crippen molar-refractivity contribution in [2.75, 3.05) is 19.6 Å². The van der Waals surface area contributed by atoms with E-state index >= 15 is 0 Å². The van der Waals surface area contributed by atoms with E-state index in [1.165, 1.54) is 25.0 Å². The summed E-state index contributed by atoms with van der Waals surface area (Å²) in [4.78, 5) is 14.0. The summed E-state index contributed by atoms with van der Waals surface area (Å²) in [6.07, 6.45) is 2.44. The second-order valence-corrected chi connectivity index (χ2v) is 7.52. The highest BCUT2D eigenvalue weighted by Crippen LogP contribution is 2.30. The molecule has 1 amide bonds. The molecule has 2 aliphatic heterocycles. The lowest BCUT2D eigenvalue weighted by atomic mass is 9.89. The molecule has 0 unspecified atom stereocenters. The van der Waals surface area contributed by atoms with Crippen LogP contribution in [0.5, 0.6) is 0 Å². The number of hydrogen-bond acceptors (Lipinski definition) is 2. The lowest BCUT2D eigenvalue weighted by Crippen LogP contribution is -2.45. The van der Waals surface area contributed by atoms with Crippen LogP contribution in [0.15, 0.2) is 24.3 Å². The number of hydrogen-bond donors (Lipinski definition) is 1. The molecule has 1 N–H and O–H groups in total. The summed E-state index contributed by atoms with van der Waals surface area (Å²) in [5.74, 6) is 0.566. The Bertz CT molecular complexity index is 617. The molecule has 0 radical (unpaired) electrons. The van der Waals surface area contributed by atoms with Crippen molar-refractivity contribution >= 4 is 5.91 Å². The van der Waals surface area contributed by atoms with E-state index in [0.29, 0.717) is 24.8 Å². The minimum absolute atomic E-state index is 0.157. The van der Waals surface area contributed by atoms with Gasteiger partial charge in [-0.3, -0.25) is 4.79 Å². The number of aryl methyl sites for hydroxylation is 1. The molecule has 1 aromatic carbocycles. The Morgan fingerprint density at radius 1 is 1.19 bits per heavy atom. The third kappa shape index (κ3) is 5.00. The van der Waals surface area contributed by atoms with Gasteiger partial charge in [0.15, 0.2) is 0 Å². The minimum atomic E-state index is -4.27. The fourth-order valence-electron chi connectivity index (χ4n) is 4.27. The monoisotopic (exact) mass is 368 g/mol. The van der Waals surface area contributed by atoms with Gasteiger partial charge in [0, 0.05) is 24.9 Å². The Hall–Kier alpha value is -1.56. The normalized spacial score (nSPS) is 24.7. The van der Waals surface area contributed by atoms with Crippen molar-refractivity contribution in [2.45, 2.75) is 57.2 Å². The van der Waals surface area contributed by atoms with Crippen LogP contribution in [0.2, 0.25) is 0 Å². The number of nitrogens with zero attached hydrogens (tertiary/aromatic N) is 1. The summed E-state index contributed by atoms with van der Waals surface area (Å²) in [7, 11) is 0. The molecule has 2 fully saturated rings. The van der Waals surface area contributed by atoms with Crippen LogP contribution in [0.25, 0.3) is 0 Å². The second-order valence-electron chi connectivity index (χ2n) is 7.52. The number of rotatable bonds is 6. The molecule has 26 heavy (non-hydrogen) atoms. The molecule has 0 bridgehead atoms. The minimum Gasteiger partial charge on any atom is -0.356 e. The maximum absolute atomic E-state index is 12.8. The topological polar surface area (TPSA) is 32.3 Å². The predicted octanol–water partition coefficient (Wildman–Crippen LogP) is 4.02. The van der Waals surface area contributed by atoms with Crippen LogP contribution in [0.4, 0.5) is 13.2 Å². The zero-order valence-corrected chi connectivity index (χ0v) is 15.0. The van der Waals surface area contributed by atoms with Gasteiger partial charge in [-0.2, -0.15) is 13.2 Å². The number of halogens is 3. The average molecular weight is 368 g/mol. The maximum atomic E-state index is 12.8. The molecule has 2 atom stereocenters. The quantitative estimate of drug-likeness (QED) is 0.769. The summed E-state index contributed by atoms with van der Waals surface area (Å²) in [6, 6.07) is 6.12. The lowest BCUT2D eigenvalue weighted by molar-refractivity contribution is -0.137. The molecule has 0 saturated carbocycles. The molecule has 3 nitrogen and oxygen atoms in total. The lowest BCUT2D eigenvalue weighted by Gasteiger charge is -2.38. The molecule has 1 aromatic rings. The van der Waals surface area contributed by atoms with Gasteiger partial charge < -0.3 is 10.2 Å². The Kier molecular flexibility index (Phi) is 6.22. The molecular weight excluding hydrogens is 341 g/mol. The number of amides is 1. The molecule has 0 aromatic heterocycles. The number of benzene rings is 1. The van der Waals surface area contributed by atoms with Crippen molar-refractivity contribution < 1.29 is 18.0 Å². The Morgan fingerprint density at radius 3 is 2.77 bits per heavy atom. The Morgan fingerprint density at radius 2 is 2.04 bits per heavy atom. The van der Waals surface area contributed by atoms with Gasteiger partial charge in [-0.15, -0.1) is 0 Å². The van der Waals surface area contributed by atoms with Crippen LogP contribution in [0.3, 0.4) is 0 Å². The first-order valence-electron chi connectivity index (χ1n) is 9.60. The average Bonchev–Trinajstić information content (AvgIpc) is 3.05. The van der Waals surface area contributed by atoms with Gasteiger partial charge in [-0.1, -0.05) is 24.6 Å². The van der Waals surface area contributed by atoms with E-state index in [0.717, 1.165) is 50.5 Å². The summed E-state index contributed by atoms with van der Waals surface area (Å²) < 4.78 is 38.3. The zero-order chi connectivity index (χ0) is 18.6. The molecular formula is C20H27F3N2O. The first-order valence-corrected chi connectivity index (χ1v) is 9.60. The van der Waals surface area contributed by atoms with E-state index in [-0.39, 0.29) is 5.91 Å². The van der Waals surface area contributed by atoms with Crippen molar-refractivity contribution in [3.63, 3.8) is 0 Å². The highest BCUT2D eigenvalue weighted by molar-refractivity contribution is 5.78. The third-order valence-electron chi connectivity index (χ3n) is 5.63. The molecule has 2 heterocycles. The number of nitrogens with one attached hydrogen (secondary N) is 1. The van der Waals surface area contributed by atoms with Crippen molar-refractivity contribution in [1.29, 1.82) is 0 Å². The smallest absolute Gasteiger partial charge is 0.356 e. The number of piperidine rings is 1. The summed E-state index contributed by atoms with van der Waals surface area (Å²) in [5, 5.41) is 2.94. The SMILES string of the molecule is O=C1C[C@@H]([C@@H]2CCCCN2CCCCc2cccc(C(F)(F)F)c2)CN1. The molecule has 0 aliphatic carbocycles. The number of carbonyl (C=O) groups excluding carboxylic acids is 1. The predicted molar refractivity (Wildman–Crippen MR) is 94.7 cm³/mol. The fraction of sp³-hybridized carbons (Fsp3) is 0.650. The number of alkyl halides is 3. The van der Waals surface area contributed by atoms with E-state index < -0.39 is 11.7 Å². The highest BCUT2D eigenvalue weighted by Gasteiger charge is 2.34. The first-order chi connectivity index (χ1) is 12.4. The van der Waals surface area contributed by atoms with Crippen LogP contribution < -0.4 is 5.32 Å². The van der Waals surface area contributed by atoms with Gasteiger partial charge in [0.2, 0.25) is 5.91 Å². The molecule has 0 spiro atoms. The molecule has 2 saturated heterocycles. The second kappa shape index (κ2) is 8.42. The van der Waals surface area contributed by atoms with Gasteiger partial charge in [-0.05, 0) is 56.8 Å². The maximum Gasteiger partial charge on any atom is 0.416 e. The van der Waals surface area contributed by atoms with Crippen molar-refractivity contribution in [2.24, 2.45) is 5.92 Å². The molecule has 2 aliphatic rings. The number of likely N-dealkylation sites (tertiary alicyclic amines) is 1. The summed E-state index contributed by atoms with van der Waals surface area (Å²) in [5.41, 5.74) is 0.185. The Labute approximate surface area is 152 Å². The van der Waals surface area contributed by atoms with E-state index in [1.807, 2.05) is 0 Å². The standard InChI is InChI=1S/C20H27F3N2O/c21-20(22,23)17-8-5-7-15(12-17)6-1-3-10-25-11-4-2-9-18(25)16-13-19(26)24-14-16/h5,7-8,12,16,18H,1-4,6,9-11,13-14H2,(H,24,26)/t16-,18+/m1/s1. The van der Waals surface area contributed by atoms with Crippen molar-refractivity contribution in [3.05, 3.63) is 35.4 Å². The van der Waals surface area contributed by atoms with Crippen LogP contribution in [0, 0.1) is 5.92 Å². The zero-order valence-electron chi connectivity index (χ0n) is 15.0. The van der Waals surface area contributed by atoms with Gasteiger partial charge in [0.25, 0.3) is 0 Å². The number of unbranched alkanes of at least 4 members (excludes halogenated alkanes) is 1. The molecule has 6 heteroatoms. The Balaban J connectivity index is 1.47. The fourth-order valence-corrected chi connectivity index (χ4v) is 4.27. The van der Waals surface area contributed by atoms with Crippen LogP contribution in [-0.2, 0) is 17.4 Å². The largest absolute Gasteiger partial charge is 0.416 e. The van der Waals surface area contributed by atoms with Gasteiger partial charge in [0.05, 0.1) is 5.56 Å². The van der Waals surface area contributed by atoms with Crippen LogP contribution in [0.1, 0.15) is 49.7 Å². The third-order valence-corrected chi connectivity index (χ3v) is 5.63. The van der Waals surface area contributed by atoms with E-state index in [9.17, 15) is 18.0 Å². The van der Waals surface area contributed by atoms with Gasteiger partial charge in [0.1, 0.15) is 0 Å². The summed E-state index contributed by atoms with van der Waals surface area (Å²) in [6.45, 7) is 2.82. The highest BCUT2D eigenvalue weighted by atomic mass is 19.4.